The van der Waals surface area contributed by atoms with E-state index in [9.17, 15) is 0 Å². The zero-order valence-electron chi connectivity index (χ0n) is 8.79. The molecule has 2 aromatic rings. The van der Waals surface area contributed by atoms with Crippen LogP contribution in [0.1, 0.15) is 5.56 Å². The number of halogens is 3. The largest absolute Gasteiger partial charge is 0.457 e. The Balaban J connectivity index is 2.29. The van der Waals surface area contributed by atoms with E-state index in [4.69, 9.17) is 27.9 Å². The molecular formula is C13H9Cl2IO. The first-order valence-electron chi connectivity index (χ1n) is 4.97. The molecule has 0 aliphatic heterocycles. The molecule has 88 valence electrons. The predicted octanol–water partition coefficient (Wildman–Crippen LogP) is 5.48. The van der Waals surface area contributed by atoms with Crippen molar-refractivity contribution >= 4 is 45.8 Å². The summed E-state index contributed by atoms with van der Waals surface area (Å²) in [4.78, 5) is 0. The normalized spacial score (nSPS) is 10.3. The fourth-order valence-electron chi connectivity index (χ4n) is 1.39. The van der Waals surface area contributed by atoms with Gasteiger partial charge in [0.2, 0.25) is 0 Å². The molecule has 0 radical (unpaired) electrons. The summed E-state index contributed by atoms with van der Waals surface area (Å²) in [5.41, 5.74) is 0.814. The number of alkyl halides is 1. The van der Waals surface area contributed by atoms with Crippen molar-refractivity contribution in [3.8, 4) is 11.5 Å². The lowest BCUT2D eigenvalue weighted by Crippen LogP contribution is -1.90. The Labute approximate surface area is 124 Å². The van der Waals surface area contributed by atoms with E-state index in [1.54, 1.807) is 6.07 Å². The van der Waals surface area contributed by atoms with Crippen molar-refractivity contribution in [2.24, 2.45) is 0 Å². The molecule has 0 heterocycles. The second kappa shape index (κ2) is 5.94. The maximum atomic E-state index is 6.06. The summed E-state index contributed by atoms with van der Waals surface area (Å²) < 4.78 is 6.93. The second-order valence-electron chi connectivity index (χ2n) is 3.41. The monoisotopic (exact) mass is 378 g/mol. The van der Waals surface area contributed by atoms with Gasteiger partial charge in [-0.15, -0.1) is 11.6 Å². The van der Waals surface area contributed by atoms with Crippen molar-refractivity contribution in [2.45, 2.75) is 5.88 Å². The van der Waals surface area contributed by atoms with Crippen molar-refractivity contribution in [2.75, 3.05) is 0 Å². The zero-order valence-corrected chi connectivity index (χ0v) is 12.5. The lowest BCUT2D eigenvalue weighted by molar-refractivity contribution is 0.478. The van der Waals surface area contributed by atoms with Gasteiger partial charge in [0.15, 0.2) is 0 Å². The highest BCUT2D eigenvalue weighted by molar-refractivity contribution is 14.1. The molecule has 1 nitrogen and oxygen atoms in total. The van der Waals surface area contributed by atoms with E-state index in [-0.39, 0.29) is 0 Å². The van der Waals surface area contributed by atoms with Crippen LogP contribution in [-0.4, -0.2) is 0 Å². The number of hydrogen-bond acceptors (Lipinski definition) is 1. The third-order valence-electron chi connectivity index (χ3n) is 2.25. The number of ether oxygens (including phenoxy) is 1. The van der Waals surface area contributed by atoms with Crippen LogP contribution in [0, 0.1) is 3.57 Å². The van der Waals surface area contributed by atoms with Gasteiger partial charge in [-0.25, -0.2) is 0 Å². The molecule has 0 unspecified atom stereocenters. The van der Waals surface area contributed by atoms with Crippen molar-refractivity contribution in [1.29, 1.82) is 0 Å². The Morgan fingerprint density at radius 2 is 1.76 bits per heavy atom. The highest BCUT2D eigenvalue weighted by atomic mass is 127. The first-order valence-corrected chi connectivity index (χ1v) is 6.96. The molecule has 0 spiro atoms. The molecule has 0 saturated heterocycles. The van der Waals surface area contributed by atoms with Crippen LogP contribution in [0.5, 0.6) is 11.5 Å². The van der Waals surface area contributed by atoms with Gasteiger partial charge in [0, 0.05) is 14.2 Å². The van der Waals surface area contributed by atoms with E-state index in [2.05, 4.69) is 22.6 Å². The highest BCUT2D eigenvalue weighted by Crippen LogP contribution is 2.31. The summed E-state index contributed by atoms with van der Waals surface area (Å²) in [6, 6.07) is 13.3. The van der Waals surface area contributed by atoms with E-state index >= 15 is 0 Å². The van der Waals surface area contributed by atoms with E-state index in [1.807, 2.05) is 36.4 Å². The van der Waals surface area contributed by atoms with Crippen molar-refractivity contribution in [3.05, 3.63) is 56.6 Å². The van der Waals surface area contributed by atoms with Gasteiger partial charge >= 0.3 is 0 Å². The Bertz CT molecular complexity index is 511. The Morgan fingerprint density at radius 3 is 2.41 bits per heavy atom. The number of benzene rings is 2. The van der Waals surface area contributed by atoms with E-state index in [1.165, 1.54) is 3.57 Å². The maximum absolute atomic E-state index is 6.06. The Hall–Kier alpha value is -0.450. The predicted molar refractivity (Wildman–Crippen MR) is 80.2 cm³/mol. The smallest absolute Gasteiger partial charge is 0.133 e. The van der Waals surface area contributed by atoms with Crippen LogP contribution in [0.15, 0.2) is 42.5 Å². The molecule has 4 heteroatoms. The average molecular weight is 379 g/mol. The van der Waals surface area contributed by atoms with Gasteiger partial charge in [0.05, 0.1) is 5.88 Å². The highest BCUT2D eigenvalue weighted by Gasteiger charge is 2.07. The molecule has 0 amide bonds. The Kier molecular flexibility index (Phi) is 4.54. The summed E-state index contributed by atoms with van der Waals surface area (Å²) in [7, 11) is 0. The van der Waals surface area contributed by atoms with E-state index in [0.29, 0.717) is 16.7 Å². The standard InChI is InChI=1S/C13H9Cl2IO/c14-8-11-12(15)2-1-3-13(11)17-10-6-4-9(16)5-7-10/h1-7H,8H2. The molecular weight excluding hydrogens is 370 g/mol. The third kappa shape index (κ3) is 3.27. The van der Waals surface area contributed by atoms with Gasteiger partial charge in [-0.05, 0) is 59.0 Å². The quantitative estimate of drug-likeness (QED) is 0.507. The van der Waals surface area contributed by atoms with Gasteiger partial charge in [0.1, 0.15) is 11.5 Å². The summed E-state index contributed by atoms with van der Waals surface area (Å²) in [5.74, 6) is 1.81. The molecule has 0 aromatic heterocycles. The first kappa shape index (κ1) is 13.0. The fraction of sp³-hybridized carbons (Fsp3) is 0.0769. The van der Waals surface area contributed by atoms with Crippen LogP contribution in [-0.2, 0) is 5.88 Å². The summed E-state index contributed by atoms with van der Waals surface area (Å²) in [6.07, 6.45) is 0. The topological polar surface area (TPSA) is 9.23 Å². The van der Waals surface area contributed by atoms with Gasteiger partial charge in [-0.3, -0.25) is 0 Å². The second-order valence-corrected chi connectivity index (χ2v) is 5.33. The number of rotatable bonds is 3. The molecule has 0 atom stereocenters. The molecule has 0 aliphatic rings. The molecule has 0 N–H and O–H groups in total. The molecule has 0 aliphatic carbocycles. The van der Waals surface area contributed by atoms with Crippen molar-refractivity contribution < 1.29 is 4.74 Å². The summed E-state index contributed by atoms with van der Waals surface area (Å²) in [6.45, 7) is 0. The van der Waals surface area contributed by atoms with Crippen LogP contribution in [0.4, 0.5) is 0 Å². The summed E-state index contributed by atoms with van der Waals surface area (Å²) in [5, 5.41) is 0.628. The van der Waals surface area contributed by atoms with Crippen LogP contribution < -0.4 is 4.74 Å². The van der Waals surface area contributed by atoms with Crippen LogP contribution in [0.2, 0.25) is 5.02 Å². The fourth-order valence-corrected chi connectivity index (χ4v) is 2.33. The van der Waals surface area contributed by atoms with Gasteiger partial charge in [0.25, 0.3) is 0 Å². The number of hydrogen-bond donors (Lipinski definition) is 0. The van der Waals surface area contributed by atoms with E-state index in [0.717, 1.165) is 11.3 Å². The zero-order chi connectivity index (χ0) is 12.3. The minimum absolute atomic E-state index is 0.333. The maximum Gasteiger partial charge on any atom is 0.133 e. The average Bonchev–Trinajstić information content (AvgIpc) is 2.32. The van der Waals surface area contributed by atoms with E-state index < -0.39 is 0 Å². The van der Waals surface area contributed by atoms with Gasteiger partial charge in [-0.2, -0.15) is 0 Å². The van der Waals surface area contributed by atoms with Crippen LogP contribution >= 0.6 is 45.8 Å². The first-order chi connectivity index (χ1) is 8.20. The molecule has 2 aromatic carbocycles. The lowest BCUT2D eigenvalue weighted by atomic mass is 10.2. The van der Waals surface area contributed by atoms with Crippen LogP contribution in [0.25, 0.3) is 0 Å². The molecule has 0 saturated carbocycles. The molecule has 17 heavy (non-hydrogen) atoms. The third-order valence-corrected chi connectivity index (χ3v) is 3.59. The molecule has 2 rings (SSSR count). The lowest BCUT2D eigenvalue weighted by Gasteiger charge is -2.10. The van der Waals surface area contributed by atoms with Crippen LogP contribution in [0.3, 0.4) is 0 Å². The van der Waals surface area contributed by atoms with Crippen molar-refractivity contribution in [1.82, 2.24) is 0 Å². The molecule has 0 bridgehead atoms. The molecule has 0 fully saturated rings. The van der Waals surface area contributed by atoms with Gasteiger partial charge < -0.3 is 4.74 Å². The van der Waals surface area contributed by atoms with Crippen molar-refractivity contribution in [3.63, 3.8) is 0 Å². The van der Waals surface area contributed by atoms with Gasteiger partial charge in [-0.1, -0.05) is 17.7 Å². The summed E-state index contributed by atoms with van der Waals surface area (Å²) >= 11 is 14.2. The Morgan fingerprint density at radius 1 is 1.06 bits per heavy atom. The minimum Gasteiger partial charge on any atom is -0.457 e. The SMILES string of the molecule is ClCc1c(Cl)cccc1Oc1ccc(I)cc1. The minimum atomic E-state index is 0.333.